The normalized spacial score (nSPS) is 11.7. The second kappa shape index (κ2) is 13.7. The van der Waals surface area contributed by atoms with E-state index in [2.05, 4.69) is 188 Å². The molecule has 0 fully saturated rings. The summed E-state index contributed by atoms with van der Waals surface area (Å²) in [5.74, 6) is -0.0286. The van der Waals surface area contributed by atoms with Crippen molar-refractivity contribution in [3.8, 4) is 44.5 Å². The van der Waals surface area contributed by atoms with Crippen LogP contribution < -0.4 is 0 Å². The lowest BCUT2D eigenvalue weighted by Crippen LogP contribution is -2.04. The smallest absolute Gasteiger partial charge is 0.135 e. The number of furan rings is 2. The van der Waals surface area contributed by atoms with Gasteiger partial charge in [0, 0.05) is 27.5 Å². The molecule has 9 aromatic carbocycles. The second-order valence-corrected chi connectivity index (χ2v) is 14.9. The van der Waals surface area contributed by atoms with E-state index in [1.165, 1.54) is 50.1 Å². The highest BCUT2D eigenvalue weighted by Gasteiger charge is 2.20. The summed E-state index contributed by atoms with van der Waals surface area (Å²) in [6.07, 6.45) is 0. The largest absolute Gasteiger partial charge is 0.456 e. The van der Waals surface area contributed by atoms with Crippen LogP contribution in [0.5, 0.6) is 0 Å². The van der Waals surface area contributed by atoms with E-state index >= 15 is 0 Å². The Morgan fingerprint density at radius 3 is 1.07 bits per heavy atom. The lowest BCUT2D eigenvalue weighted by Gasteiger charge is -2.22. The summed E-state index contributed by atoms with van der Waals surface area (Å²) in [4.78, 5) is 0. The first kappa shape index (κ1) is 33.0. The van der Waals surface area contributed by atoms with Crippen LogP contribution in [-0.4, -0.2) is 0 Å². The highest BCUT2D eigenvalue weighted by atomic mass is 16.3. The van der Waals surface area contributed by atoms with Crippen molar-refractivity contribution in [2.45, 2.75) is 5.92 Å². The van der Waals surface area contributed by atoms with Gasteiger partial charge in [0.25, 0.3) is 0 Å². The molecule has 2 nitrogen and oxygen atoms in total. The first-order chi connectivity index (χ1) is 28.2. The Balaban J connectivity index is 1.05. The summed E-state index contributed by atoms with van der Waals surface area (Å²) in [5, 5.41) is 4.53. The summed E-state index contributed by atoms with van der Waals surface area (Å²) in [6.45, 7) is 0. The van der Waals surface area contributed by atoms with Crippen molar-refractivity contribution in [3.05, 3.63) is 229 Å². The van der Waals surface area contributed by atoms with Crippen LogP contribution in [-0.2, 0) is 0 Å². The van der Waals surface area contributed by atoms with Gasteiger partial charge in [-0.3, -0.25) is 0 Å². The number of rotatable bonds is 7. The van der Waals surface area contributed by atoms with Gasteiger partial charge in [-0.05, 0) is 104 Å². The molecule has 11 rings (SSSR count). The van der Waals surface area contributed by atoms with Crippen molar-refractivity contribution in [2.75, 3.05) is 0 Å². The molecule has 11 aromatic rings. The van der Waals surface area contributed by atoms with E-state index in [1.54, 1.807) is 0 Å². The molecule has 0 aliphatic rings. The molecular formula is C55H36O2. The standard InChI is InChI=1S/C55H36O2/c1-2-12-36(13-3-1)37-14-8-15-38(30-37)39-16-9-19-44(31-39)55(45-20-10-17-40(32-45)42-26-28-53-49(34-42)47-22-4-6-24-51(47)56-53)46-21-11-18-41(33-46)43-27-29-54-50(35-43)48-23-5-7-25-52(48)57-54/h1-35,55H. The van der Waals surface area contributed by atoms with Gasteiger partial charge < -0.3 is 8.83 Å². The van der Waals surface area contributed by atoms with Crippen molar-refractivity contribution in [2.24, 2.45) is 0 Å². The zero-order chi connectivity index (χ0) is 37.7. The Bertz CT molecular complexity index is 3100. The number of benzene rings is 9. The molecule has 0 saturated heterocycles. The fourth-order valence-electron chi connectivity index (χ4n) is 8.59. The fraction of sp³-hybridized carbons (Fsp3) is 0.0182. The van der Waals surface area contributed by atoms with E-state index in [1.807, 2.05) is 24.3 Å². The van der Waals surface area contributed by atoms with Gasteiger partial charge in [0.2, 0.25) is 0 Å². The molecule has 0 aliphatic carbocycles. The van der Waals surface area contributed by atoms with Crippen molar-refractivity contribution in [3.63, 3.8) is 0 Å². The predicted molar refractivity (Wildman–Crippen MR) is 237 cm³/mol. The van der Waals surface area contributed by atoms with Gasteiger partial charge in [-0.15, -0.1) is 0 Å². The molecule has 0 bridgehead atoms. The Labute approximate surface area is 330 Å². The molecule has 0 spiro atoms. The lowest BCUT2D eigenvalue weighted by molar-refractivity contribution is 0.668. The van der Waals surface area contributed by atoms with Crippen molar-refractivity contribution < 1.29 is 8.83 Å². The summed E-state index contributed by atoms with van der Waals surface area (Å²) < 4.78 is 12.4. The third-order valence-electron chi connectivity index (χ3n) is 11.4. The highest BCUT2D eigenvalue weighted by Crippen LogP contribution is 2.40. The number of para-hydroxylation sites is 2. The molecule has 2 heterocycles. The molecule has 0 unspecified atom stereocenters. The van der Waals surface area contributed by atoms with Gasteiger partial charge >= 0.3 is 0 Å². The van der Waals surface area contributed by atoms with E-state index in [9.17, 15) is 0 Å². The van der Waals surface area contributed by atoms with E-state index in [0.717, 1.165) is 55.0 Å². The van der Waals surface area contributed by atoms with E-state index < -0.39 is 0 Å². The lowest BCUT2D eigenvalue weighted by atomic mass is 9.82. The third kappa shape index (κ3) is 6.00. The summed E-state index contributed by atoms with van der Waals surface area (Å²) >= 11 is 0. The number of hydrogen-bond donors (Lipinski definition) is 0. The average molecular weight is 729 g/mol. The Hall–Kier alpha value is -7.42. The molecular weight excluding hydrogens is 693 g/mol. The van der Waals surface area contributed by atoms with E-state index in [-0.39, 0.29) is 5.92 Å². The van der Waals surface area contributed by atoms with E-state index in [0.29, 0.717) is 0 Å². The van der Waals surface area contributed by atoms with Gasteiger partial charge in [-0.1, -0.05) is 170 Å². The van der Waals surface area contributed by atoms with Crippen LogP contribution >= 0.6 is 0 Å². The first-order valence-electron chi connectivity index (χ1n) is 19.5. The highest BCUT2D eigenvalue weighted by molar-refractivity contribution is 6.07. The SMILES string of the molecule is c1ccc(-c2cccc(-c3cccc(C(c4cccc(-c5ccc6oc7ccccc7c6c5)c4)c4cccc(-c5ccc6oc7ccccc7c6c5)c4)c3)c2)cc1. The maximum atomic E-state index is 6.18. The van der Waals surface area contributed by atoms with Gasteiger partial charge in [-0.2, -0.15) is 0 Å². The zero-order valence-electron chi connectivity index (χ0n) is 31.1. The third-order valence-corrected chi connectivity index (χ3v) is 11.4. The molecule has 2 heteroatoms. The average Bonchev–Trinajstić information content (AvgIpc) is 3.85. The Morgan fingerprint density at radius 2 is 0.579 bits per heavy atom. The van der Waals surface area contributed by atoms with Crippen molar-refractivity contribution >= 4 is 43.9 Å². The molecule has 57 heavy (non-hydrogen) atoms. The van der Waals surface area contributed by atoms with E-state index in [4.69, 9.17) is 8.83 Å². The molecule has 0 saturated carbocycles. The Kier molecular flexibility index (Phi) is 7.93. The van der Waals surface area contributed by atoms with Gasteiger partial charge in [-0.25, -0.2) is 0 Å². The molecule has 0 aliphatic heterocycles. The van der Waals surface area contributed by atoms with Crippen LogP contribution in [0.2, 0.25) is 0 Å². The molecule has 0 amide bonds. The van der Waals surface area contributed by atoms with Gasteiger partial charge in [0.15, 0.2) is 0 Å². The zero-order valence-corrected chi connectivity index (χ0v) is 31.1. The maximum Gasteiger partial charge on any atom is 0.135 e. The number of fused-ring (bicyclic) bond motifs is 6. The second-order valence-electron chi connectivity index (χ2n) is 14.9. The fourth-order valence-corrected chi connectivity index (χ4v) is 8.59. The van der Waals surface area contributed by atoms with Crippen LogP contribution in [0.25, 0.3) is 88.4 Å². The molecule has 0 atom stereocenters. The van der Waals surface area contributed by atoms with Crippen LogP contribution in [0, 0.1) is 0 Å². The van der Waals surface area contributed by atoms with Crippen molar-refractivity contribution in [1.82, 2.24) is 0 Å². The monoisotopic (exact) mass is 728 g/mol. The van der Waals surface area contributed by atoms with Crippen molar-refractivity contribution in [1.29, 1.82) is 0 Å². The van der Waals surface area contributed by atoms with Crippen LogP contribution in [0.15, 0.2) is 221 Å². The topological polar surface area (TPSA) is 26.3 Å². The summed E-state index contributed by atoms with van der Waals surface area (Å²) in [5.41, 5.74) is 16.8. The minimum Gasteiger partial charge on any atom is -0.456 e. The minimum atomic E-state index is -0.0286. The Morgan fingerprint density at radius 1 is 0.228 bits per heavy atom. The molecule has 0 radical (unpaired) electrons. The first-order valence-corrected chi connectivity index (χ1v) is 19.5. The van der Waals surface area contributed by atoms with Crippen LogP contribution in [0.3, 0.4) is 0 Å². The summed E-state index contributed by atoms with van der Waals surface area (Å²) in [6, 6.07) is 76.3. The summed E-state index contributed by atoms with van der Waals surface area (Å²) in [7, 11) is 0. The maximum absolute atomic E-state index is 6.18. The van der Waals surface area contributed by atoms with Gasteiger partial charge in [0.05, 0.1) is 0 Å². The number of hydrogen-bond acceptors (Lipinski definition) is 2. The van der Waals surface area contributed by atoms with Crippen LogP contribution in [0.1, 0.15) is 22.6 Å². The minimum absolute atomic E-state index is 0.0286. The predicted octanol–water partition coefficient (Wildman–Crippen LogP) is 15.3. The molecule has 0 N–H and O–H groups in total. The van der Waals surface area contributed by atoms with Crippen LogP contribution in [0.4, 0.5) is 0 Å². The van der Waals surface area contributed by atoms with Gasteiger partial charge in [0.1, 0.15) is 22.3 Å². The molecule has 2 aromatic heterocycles. The molecule has 268 valence electrons. The quantitative estimate of drug-likeness (QED) is 0.153.